The molecule has 0 aliphatic carbocycles. The van der Waals surface area contributed by atoms with Gasteiger partial charge in [-0.05, 0) is 12.3 Å². The van der Waals surface area contributed by atoms with E-state index in [9.17, 15) is 9.59 Å². The first-order valence-corrected chi connectivity index (χ1v) is 6.79. The number of carboxylic acid groups (broad SMARTS) is 1. The number of carboxylic acids is 1. The van der Waals surface area contributed by atoms with E-state index in [1.54, 1.807) is 0 Å². The molecular weight excluding hydrogens is 264 g/mol. The summed E-state index contributed by atoms with van der Waals surface area (Å²) in [6, 6.07) is -0.357. The molecule has 0 saturated carbocycles. The summed E-state index contributed by atoms with van der Waals surface area (Å²) in [7, 11) is 1.41. The SMILES string of the molecule is COC(CNC(=O)NCCOCCC(C)C)CC(=O)O. The molecule has 0 radical (unpaired) electrons. The van der Waals surface area contributed by atoms with Crippen LogP contribution in [0.2, 0.25) is 0 Å². The third-order valence-corrected chi connectivity index (χ3v) is 2.60. The van der Waals surface area contributed by atoms with Crippen molar-refractivity contribution in [1.82, 2.24) is 10.6 Å². The van der Waals surface area contributed by atoms with Gasteiger partial charge in [0.15, 0.2) is 0 Å². The van der Waals surface area contributed by atoms with Gasteiger partial charge in [0.05, 0.1) is 19.1 Å². The van der Waals surface area contributed by atoms with Gasteiger partial charge in [0.1, 0.15) is 0 Å². The van der Waals surface area contributed by atoms with Crippen molar-refractivity contribution < 1.29 is 24.2 Å². The highest BCUT2D eigenvalue weighted by molar-refractivity contribution is 5.74. The van der Waals surface area contributed by atoms with Crippen LogP contribution in [0.4, 0.5) is 4.79 Å². The molecule has 118 valence electrons. The normalized spacial score (nSPS) is 12.2. The number of nitrogens with one attached hydrogen (secondary N) is 2. The van der Waals surface area contributed by atoms with Gasteiger partial charge in [0.25, 0.3) is 0 Å². The maximum Gasteiger partial charge on any atom is 0.314 e. The molecule has 3 N–H and O–H groups in total. The average molecular weight is 290 g/mol. The summed E-state index contributed by atoms with van der Waals surface area (Å²) < 4.78 is 10.3. The molecule has 0 aromatic rings. The van der Waals surface area contributed by atoms with E-state index in [0.29, 0.717) is 25.7 Å². The predicted molar refractivity (Wildman–Crippen MR) is 74.7 cm³/mol. The lowest BCUT2D eigenvalue weighted by molar-refractivity contribution is -0.139. The topological polar surface area (TPSA) is 96.9 Å². The maximum atomic E-state index is 11.4. The Morgan fingerprint density at radius 3 is 2.45 bits per heavy atom. The molecule has 0 aromatic heterocycles. The van der Waals surface area contributed by atoms with Crippen molar-refractivity contribution in [3.8, 4) is 0 Å². The third-order valence-electron chi connectivity index (χ3n) is 2.60. The number of urea groups is 1. The fourth-order valence-corrected chi connectivity index (χ4v) is 1.36. The second kappa shape index (κ2) is 11.5. The van der Waals surface area contributed by atoms with Gasteiger partial charge in [-0.2, -0.15) is 0 Å². The van der Waals surface area contributed by atoms with Crippen LogP contribution >= 0.6 is 0 Å². The summed E-state index contributed by atoms with van der Waals surface area (Å²) in [4.78, 5) is 21.9. The van der Waals surface area contributed by atoms with Gasteiger partial charge in [0.2, 0.25) is 0 Å². The molecule has 0 saturated heterocycles. The molecule has 1 atom stereocenters. The van der Waals surface area contributed by atoms with Crippen LogP contribution in [0.25, 0.3) is 0 Å². The molecular formula is C13H26N2O5. The minimum absolute atomic E-state index is 0.144. The number of rotatable bonds is 11. The smallest absolute Gasteiger partial charge is 0.314 e. The van der Waals surface area contributed by atoms with Crippen LogP contribution in [0, 0.1) is 5.92 Å². The summed E-state index contributed by atoms with van der Waals surface area (Å²) in [5.74, 6) is -0.357. The van der Waals surface area contributed by atoms with Crippen LogP contribution in [0.3, 0.4) is 0 Å². The van der Waals surface area contributed by atoms with E-state index in [0.717, 1.165) is 6.42 Å². The Hall–Kier alpha value is -1.34. The zero-order chi connectivity index (χ0) is 15.4. The van der Waals surface area contributed by atoms with E-state index in [1.165, 1.54) is 7.11 Å². The lowest BCUT2D eigenvalue weighted by Crippen LogP contribution is -2.41. The number of carbonyl (C=O) groups excluding carboxylic acids is 1. The Morgan fingerprint density at radius 1 is 1.20 bits per heavy atom. The standard InChI is InChI=1S/C13H26N2O5/c1-10(2)4-6-20-7-5-14-13(18)15-9-11(19-3)8-12(16)17/h10-11H,4-9H2,1-3H3,(H,16,17)(H2,14,15,18). The van der Waals surface area contributed by atoms with E-state index in [-0.39, 0.29) is 19.0 Å². The summed E-state index contributed by atoms with van der Waals surface area (Å²) in [6.07, 6.45) is 0.326. The summed E-state index contributed by atoms with van der Waals surface area (Å²) in [6.45, 7) is 5.97. The van der Waals surface area contributed by atoms with Crippen molar-refractivity contribution in [2.45, 2.75) is 32.8 Å². The van der Waals surface area contributed by atoms with E-state index < -0.39 is 12.1 Å². The molecule has 0 spiro atoms. The maximum absolute atomic E-state index is 11.4. The molecule has 20 heavy (non-hydrogen) atoms. The summed E-state index contributed by atoms with van der Waals surface area (Å²) in [5, 5.41) is 13.8. The predicted octanol–water partition coefficient (Wildman–Crippen LogP) is 0.838. The van der Waals surface area contributed by atoms with Crippen LogP contribution < -0.4 is 10.6 Å². The number of aliphatic carboxylic acids is 1. The van der Waals surface area contributed by atoms with E-state index in [2.05, 4.69) is 24.5 Å². The van der Waals surface area contributed by atoms with Crippen LogP contribution in [0.5, 0.6) is 0 Å². The minimum Gasteiger partial charge on any atom is -0.481 e. The van der Waals surface area contributed by atoms with Crippen molar-refractivity contribution >= 4 is 12.0 Å². The fourth-order valence-electron chi connectivity index (χ4n) is 1.36. The van der Waals surface area contributed by atoms with Gasteiger partial charge in [-0.25, -0.2) is 4.79 Å². The van der Waals surface area contributed by atoms with Crippen LogP contribution in [0.1, 0.15) is 26.7 Å². The molecule has 0 bridgehead atoms. The zero-order valence-corrected chi connectivity index (χ0v) is 12.5. The largest absolute Gasteiger partial charge is 0.481 e. The second-order valence-electron chi connectivity index (χ2n) is 4.89. The Kier molecular flexibility index (Phi) is 10.7. The number of methoxy groups -OCH3 is 1. The van der Waals surface area contributed by atoms with Crippen molar-refractivity contribution in [3.63, 3.8) is 0 Å². The number of hydrogen-bond donors (Lipinski definition) is 3. The van der Waals surface area contributed by atoms with Crippen LogP contribution in [-0.4, -0.2) is 56.6 Å². The molecule has 1 unspecified atom stereocenters. The van der Waals surface area contributed by atoms with E-state index >= 15 is 0 Å². The number of hydrogen-bond acceptors (Lipinski definition) is 4. The van der Waals surface area contributed by atoms with E-state index in [4.69, 9.17) is 14.6 Å². The first-order chi connectivity index (χ1) is 9.45. The Balaban J connectivity index is 3.55. The third kappa shape index (κ3) is 11.7. The van der Waals surface area contributed by atoms with Gasteiger partial charge >= 0.3 is 12.0 Å². The Morgan fingerprint density at radius 2 is 1.90 bits per heavy atom. The van der Waals surface area contributed by atoms with Crippen LogP contribution in [-0.2, 0) is 14.3 Å². The summed E-state index contributed by atoms with van der Waals surface area (Å²) >= 11 is 0. The first-order valence-electron chi connectivity index (χ1n) is 6.79. The molecule has 7 nitrogen and oxygen atoms in total. The lowest BCUT2D eigenvalue weighted by atomic mass is 10.1. The molecule has 0 aliphatic rings. The Bertz CT molecular complexity index is 284. The van der Waals surface area contributed by atoms with Gasteiger partial charge in [-0.3, -0.25) is 4.79 Å². The Labute approximate surface area is 120 Å². The van der Waals surface area contributed by atoms with Gasteiger partial charge < -0.3 is 25.2 Å². The molecule has 7 heteroatoms. The fraction of sp³-hybridized carbons (Fsp3) is 0.846. The molecule has 0 aliphatic heterocycles. The van der Waals surface area contributed by atoms with Gasteiger partial charge in [0, 0.05) is 26.8 Å². The monoisotopic (exact) mass is 290 g/mol. The van der Waals surface area contributed by atoms with Gasteiger partial charge in [-0.15, -0.1) is 0 Å². The number of amides is 2. The van der Waals surface area contributed by atoms with Crippen LogP contribution in [0.15, 0.2) is 0 Å². The van der Waals surface area contributed by atoms with E-state index in [1.807, 2.05) is 0 Å². The molecule has 0 fully saturated rings. The van der Waals surface area contributed by atoms with Crippen molar-refractivity contribution in [2.75, 3.05) is 33.4 Å². The molecule has 2 amide bonds. The number of ether oxygens (including phenoxy) is 2. The van der Waals surface area contributed by atoms with Crippen molar-refractivity contribution in [2.24, 2.45) is 5.92 Å². The lowest BCUT2D eigenvalue weighted by Gasteiger charge is -2.14. The zero-order valence-electron chi connectivity index (χ0n) is 12.5. The molecule has 0 rings (SSSR count). The van der Waals surface area contributed by atoms with Crippen molar-refractivity contribution in [1.29, 1.82) is 0 Å². The van der Waals surface area contributed by atoms with Crippen molar-refractivity contribution in [3.05, 3.63) is 0 Å². The highest BCUT2D eigenvalue weighted by Gasteiger charge is 2.13. The molecule has 0 aromatic carbocycles. The highest BCUT2D eigenvalue weighted by Crippen LogP contribution is 1.98. The molecule has 0 heterocycles. The number of carbonyl (C=O) groups is 2. The average Bonchev–Trinajstić information content (AvgIpc) is 2.37. The first kappa shape index (κ1) is 18.7. The second-order valence-corrected chi connectivity index (χ2v) is 4.89. The quantitative estimate of drug-likeness (QED) is 0.490. The van der Waals surface area contributed by atoms with Gasteiger partial charge in [-0.1, -0.05) is 13.8 Å². The minimum atomic E-state index is -0.961. The highest BCUT2D eigenvalue weighted by atomic mass is 16.5. The summed E-state index contributed by atoms with van der Waals surface area (Å²) in [5.41, 5.74) is 0.